The number of ether oxygens (including phenoxy) is 1. The summed E-state index contributed by atoms with van der Waals surface area (Å²) < 4.78 is 44.3. The monoisotopic (exact) mass is 349 g/mol. The first-order valence-electron chi connectivity index (χ1n) is 8.60. The molecule has 0 spiro atoms. The number of benzene rings is 2. The zero-order chi connectivity index (χ0) is 17.7. The van der Waals surface area contributed by atoms with Gasteiger partial charge in [0.25, 0.3) is 0 Å². The SMILES string of the molecule is FC(F)(F)c1cccc(-c2ccccc2CCCN2CCOCC2)c1. The van der Waals surface area contributed by atoms with E-state index in [2.05, 4.69) is 4.90 Å². The summed E-state index contributed by atoms with van der Waals surface area (Å²) in [5.41, 5.74) is 2.00. The Morgan fingerprint density at radius 2 is 1.72 bits per heavy atom. The molecule has 0 bridgehead atoms. The zero-order valence-corrected chi connectivity index (χ0v) is 14.1. The van der Waals surface area contributed by atoms with Crippen LogP contribution in [0.4, 0.5) is 13.2 Å². The molecular weight excluding hydrogens is 327 g/mol. The fourth-order valence-corrected chi connectivity index (χ4v) is 3.20. The summed E-state index contributed by atoms with van der Waals surface area (Å²) in [6, 6.07) is 13.3. The number of morpholine rings is 1. The Morgan fingerprint density at radius 1 is 0.960 bits per heavy atom. The second kappa shape index (κ2) is 8.02. The normalized spacial score (nSPS) is 16.1. The molecule has 1 aliphatic rings. The van der Waals surface area contributed by atoms with Gasteiger partial charge in [-0.05, 0) is 48.2 Å². The van der Waals surface area contributed by atoms with Crippen LogP contribution in [0.5, 0.6) is 0 Å². The van der Waals surface area contributed by atoms with E-state index < -0.39 is 11.7 Å². The Labute approximate surface area is 146 Å². The lowest BCUT2D eigenvalue weighted by molar-refractivity contribution is -0.137. The smallest absolute Gasteiger partial charge is 0.379 e. The summed E-state index contributed by atoms with van der Waals surface area (Å²) in [7, 11) is 0. The predicted octanol–water partition coefficient (Wildman–Crippen LogP) is 4.64. The molecule has 2 aromatic carbocycles. The molecule has 3 rings (SSSR count). The lowest BCUT2D eigenvalue weighted by Gasteiger charge is -2.26. The maximum atomic E-state index is 13.0. The van der Waals surface area contributed by atoms with E-state index >= 15 is 0 Å². The molecule has 25 heavy (non-hydrogen) atoms. The largest absolute Gasteiger partial charge is 0.416 e. The lowest BCUT2D eigenvalue weighted by Crippen LogP contribution is -2.36. The summed E-state index contributed by atoms with van der Waals surface area (Å²) >= 11 is 0. The maximum absolute atomic E-state index is 13.0. The van der Waals surface area contributed by atoms with E-state index in [1.165, 1.54) is 12.1 Å². The van der Waals surface area contributed by atoms with Gasteiger partial charge in [0.1, 0.15) is 0 Å². The molecule has 1 heterocycles. The van der Waals surface area contributed by atoms with Gasteiger partial charge in [-0.15, -0.1) is 0 Å². The number of aryl methyl sites for hydroxylation is 1. The van der Waals surface area contributed by atoms with E-state index in [0.29, 0.717) is 5.56 Å². The zero-order valence-electron chi connectivity index (χ0n) is 14.1. The van der Waals surface area contributed by atoms with Gasteiger partial charge < -0.3 is 4.74 Å². The second-order valence-electron chi connectivity index (χ2n) is 6.29. The van der Waals surface area contributed by atoms with E-state index in [9.17, 15) is 13.2 Å². The van der Waals surface area contributed by atoms with Crippen molar-refractivity contribution in [3.05, 3.63) is 59.7 Å². The van der Waals surface area contributed by atoms with Crippen LogP contribution < -0.4 is 0 Å². The Hall–Kier alpha value is -1.85. The van der Waals surface area contributed by atoms with Gasteiger partial charge in [-0.1, -0.05) is 36.4 Å². The highest BCUT2D eigenvalue weighted by atomic mass is 19.4. The van der Waals surface area contributed by atoms with Gasteiger partial charge >= 0.3 is 6.18 Å². The molecule has 2 aromatic rings. The molecule has 0 N–H and O–H groups in total. The number of alkyl halides is 3. The Morgan fingerprint density at radius 3 is 2.48 bits per heavy atom. The van der Waals surface area contributed by atoms with E-state index in [0.717, 1.165) is 62.9 Å². The van der Waals surface area contributed by atoms with Crippen LogP contribution >= 0.6 is 0 Å². The molecule has 0 aliphatic carbocycles. The summed E-state index contributed by atoms with van der Waals surface area (Å²) in [5, 5.41) is 0. The molecule has 2 nitrogen and oxygen atoms in total. The average Bonchev–Trinajstić information content (AvgIpc) is 2.62. The number of rotatable bonds is 5. The van der Waals surface area contributed by atoms with Crippen LogP contribution in [0.3, 0.4) is 0 Å². The first-order valence-corrected chi connectivity index (χ1v) is 8.60. The van der Waals surface area contributed by atoms with Crippen LogP contribution in [0, 0.1) is 0 Å². The van der Waals surface area contributed by atoms with Gasteiger partial charge in [-0.3, -0.25) is 4.90 Å². The van der Waals surface area contributed by atoms with Gasteiger partial charge in [0.15, 0.2) is 0 Å². The molecule has 1 aliphatic heterocycles. The van der Waals surface area contributed by atoms with Crippen molar-refractivity contribution in [3.8, 4) is 11.1 Å². The first-order chi connectivity index (χ1) is 12.0. The first kappa shape index (κ1) is 18.0. The quantitative estimate of drug-likeness (QED) is 0.780. The molecule has 0 aromatic heterocycles. The highest BCUT2D eigenvalue weighted by Gasteiger charge is 2.30. The van der Waals surface area contributed by atoms with Crippen LogP contribution in [-0.2, 0) is 17.3 Å². The van der Waals surface area contributed by atoms with E-state index in [1.54, 1.807) is 6.07 Å². The van der Waals surface area contributed by atoms with Gasteiger partial charge in [0.2, 0.25) is 0 Å². The van der Waals surface area contributed by atoms with Crippen LogP contribution in [0.1, 0.15) is 17.5 Å². The second-order valence-corrected chi connectivity index (χ2v) is 6.29. The lowest BCUT2D eigenvalue weighted by atomic mass is 9.95. The van der Waals surface area contributed by atoms with Crippen molar-refractivity contribution in [1.29, 1.82) is 0 Å². The molecular formula is C20H22F3NO. The van der Waals surface area contributed by atoms with Gasteiger partial charge in [-0.25, -0.2) is 0 Å². The van der Waals surface area contributed by atoms with Crippen LogP contribution in [0.2, 0.25) is 0 Å². The van der Waals surface area contributed by atoms with Crippen LogP contribution in [-0.4, -0.2) is 37.7 Å². The fourth-order valence-electron chi connectivity index (χ4n) is 3.20. The molecule has 5 heteroatoms. The van der Waals surface area contributed by atoms with E-state index in [4.69, 9.17) is 4.74 Å². The Bertz CT molecular complexity index is 693. The molecule has 0 amide bonds. The number of hydrogen-bond acceptors (Lipinski definition) is 2. The molecule has 134 valence electrons. The minimum absolute atomic E-state index is 0.604. The van der Waals surface area contributed by atoms with Crippen molar-refractivity contribution in [3.63, 3.8) is 0 Å². The van der Waals surface area contributed by atoms with Crippen molar-refractivity contribution in [2.45, 2.75) is 19.0 Å². The van der Waals surface area contributed by atoms with Crippen LogP contribution in [0.15, 0.2) is 48.5 Å². The van der Waals surface area contributed by atoms with Crippen molar-refractivity contribution in [2.24, 2.45) is 0 Å². The fraction of sp³-hybridized carbons (Fsp3) is 0.400. The third kappa shape index (κ3) is 4.83. The van der Waals surface area contributed by atoms with Crippen molar-refractivity contribution in [1.82, 2.24) is 4.90 Å². The van der Waals surface area contributed by atoms with E-state index in [1.807, 2.05) is 24.3 Å². The number of halogens is 3. The molecule has 0 radical (unpaired) electrons. The van der Waals surface area contributed by atoms with Crippen molar-refractivity contribution in [2.75, 3.05) is 32.8 Å². The van der Waals surface area contributed by atoms with Crippen molar-refractivity contribution < 1.29 is 17.9 Å². The summed E-state index contributed by atoms with van der Waals surface area (Å²) in [6.07, 6.45) is -2.49. The standard InChI is InChI=1S/C20H22F3NO/c21-20(22,23)18-8-3-6-17(15-18)19-9-2-1-5-16(19)7-4-10-24-11-13-25-14-12-24/h1-3,5-6,8-9,15H,4,7,10-14H2. The predicted molar refractivity (Wildman–Crippen MR) is 92.5 cm³/mol. The molecule has 0 atom stereocenters. The molecule has 1 fully saturated rings. The van der Waals surface area contributed by atoms with Gasteiger partial charge in [0.05, 0.1) is 18.8 Å². The number of nitrogens with zero attached hydrogens (tertiary/aromatic N) is 1. The maximum Gasteiger partial charge on any atom is 0.416 e. The van der Waals surface area contributed by atoms with E-state index in [-0.39, 0.29) is 0 Å². The minimum atomic E-state index is -4.32. The topological polar surface area (TPSA) is 12.5 Å². The summed E-state index contributed by atoms with van der Waals surface area (Å²) in [4.78, 5) is 2.37. The summed E-state index contributed by atoms with van der Waals surface area (Å²) in [5.74, 6) is 0. The number of hydrogen-bond donors (Lipinski definition) is 0. The highest BCUT2D eigenvalue weighted by Crippen LogP contribution is 2.33. The summed E-state index contributed by atoms with van der Waals surface area (Å²) in [6.45, 7) is 4.45. The Balaban J connectivity index is 1.72. The van der Waals surface area contributed by atoms with Gasteiger partial charge in [0, 0.05) is 13.1 Å². The highest BCUT2D eigenvalue weighted by molar-refractivity contribution is 5.68. The van der Waals surface area contributed by atoms with Crippen LogP contribution in [0.25, 0.3) is 11.1 Å². The Kier molecular flexibility index (Phi) is 5.76. The third-order valence-electron chi connectivity index (χ3n) is 4.54. The average molecular weight is 349 g/mol. The third-order valence-corrected chi connectivity index (χ3v) is 4.54. The van der Waals surface area contributed by atoms with Gasteiger partial charge in [-0.2, -0.15) is 13.2 Å². The molecule has 0 saturated carbocycles. The molecule has 0 unspecified atom stereocenters. The van der Waals surface area contributed by atoms with Crippen molar-refractivity contribution >= 4 is 0 Å². The minimum Gasteiger partial charge on any atom is -0.379 e. The molecule has 1 saturated heterocycles.